The Hall–Kier alpha value is -3.73. The number of cyclic esters (lactones) is 1. The maximum absolute atomic E-state index is 14.6. The number of ether oxygens (including phenoxy) is 5. The van der Waals surface area contributed by atoms with E-state index >= 15 is 0 Å². The van der Waals surface area contributed by atoms with Gasteiger partial charge in [0.25, 0.3) is 5.69 Å². The molecular formula is C40H60N4O11. The minimum atomic E-state index is -1.42. The van der Waals surface area contributed by atoms with Crippen molar-refractivity contribution < 1.29 is 48.1 Å². The number of hydrogen-bond donors (Lipinski definition) is 2. The molecular weight excluding hydrogens is 712 g/mol. The molecule has 0 aliphatic carbocycles. The molecule has 4 rings (SSSR count). The number of fused-ring (bicyclic) bond motifs is 1. The number of nitrogens with zero attached hydrogens (tertiary/aromatic N) is 3. The van der Waals surface area contributed by atoms with Gasteiger partial charge in [-0.05, 0) is 78.7 Å². The molecule has 0 bridgehead atoms. The van der Waals surface area contributed by atoms with Crippen LogP contribution in [0.2, 0.25) is 0 Å². The summed E-state index contributed by atoms with van der Waals surface area (Å²) in [6, 6.07) is 4.91. The largest absolute Gasteiger partial charge is 0.455 e. The standard InChI is InChI=1S/C40H60N4O11/c1-12-31-40(8)34(43(38(48)55-40)41-19-13-14-28-15-17-29(18-16-28)44(49)50)27(6)32(45)25(4)22-39(7,51-11)35(23(2)20-24(3)36(47)53-31)54-37-33(46)30(42(9)10)21-26(5)52-37/h13-18,20,23,25-27,30-31,33-35,37,41,46H,12,19,21-22H2,1-11H3/b14-13+,24-20+/t23-,25+,26+,27-,30-,31+,33+,34+,35+,37-,39+,40+/m0/s1. The fourth-order valence-electron chi connectivity index (χ4n) is 8.49. The van der Waals surface area contributed by atoms with E-state index in [0.29, 0.717) is 17.6 Å². The number of benzene rings is 1. The van der Waals surface area contributed by atoms with E-state index in [-0.39, 0.29) is 43.0 Å². The minimum absolute atomic E-state index is 0.0267. The van der Waals surface area contributed by atoms with Gasteiger partial charge in [0.1, 0.15) is 24.0 Å². The van der Waals surface area contributed by atoms with Crippen LogP contribution in [0, 0.1) is 27.9 Å². The molecule has 2 N–H and O–H groups in total. The summed E-state index contributed by atoms with van der Waals surface area (Å²) >= 11 is 0. The molecule has 2 fully saturated rings. The topological polar surface area (TPSA) is 179 Å². The van der Waals surface area contributed by atoms with E-state index < -0.39 is 76.6 Å². The zero-order valence-corrected chi connectivity index (χ0v) is 34.0. The van der Waals surface area contributed by atoms with E-state index in [1.807, 2.05) is 53.6 Å². The highest BCUT2D eigenvalue weighted by Gasteiger charge is 2.60. The Balaban J connectivity index is 1.70. The van der Waals surface area contributed by atoms with Crippen molar-refractivity contribution in [1.29, 1.82) is 0 Å². The van der Waals surface area contributed by atoms with Gasteiger partial charge in [0.05, 0.1) is 22.7 Å². The number of nitro benzene ring substituents is 1. The average molecular weight is 773 g/mol. The van der Waals surface area contributed by atoms with Gasteiger partial charge in [-0.3, -0.25) is 14.9 Å². The number of carbonyl (C=O) groups excluding carboxylic acids is 3. The molecule has 15 heteroatoms. The van der Waals surface area contributed by atoms with Crippen LogP contribution in [0.15, 0.2) is 42.0 Å². The molecule has 15 nitrogen and oxygen atoms in total. The second-order valence-corrected chi connectivity index (χ2v) is 15.9. The fraction of sp³-hybridized carbons (Fsp3) is 0.675. The number of Topliss-reactive ketones (excluding diaryl/α,β-unsaturated/α-hetero) is 1. The third-order valence-corrected chi connectivity index (χ3v) is 11.5. The lowest BCUT2D eigenvalue weighted by molar-refractivity contribution is -0.384. The molecule has 3 heterocycles. The van der Waals surface area contributed by atoms with Gasteiger partial charge in [0.2, 0.25) is 0 Å². The lowest BCUT2D eigenvalue weighted by Crippen LogP contribution is -2.60. The quantitative estimate of drug-likeness (QED) is 0.183. The molecule has 0 radical (unpaired) electrons. The lowest BCUT2D eigenvalue weighted by atomic mass is 9.74. The molecule has 1 amide bonds. The van der Waals surface area contributed by atoms with Crippen molar-refractivity contribution in [3.8, 4) is 0 Å². The summed E-state index contributed by atoms with van der Waals surface area (Å²) in [5, 5.41) is 23.7. The summed E-state index contributed by atoms with van der Waals surface area (Å²) < 4.78 is 31.2. The summed E-state index contributed by atoms with van der Waals surface area (Å²) in [6.45, 7) is 14.5. The molecule has 0 saturated carbocycles. The molecule has 2 saturated heterocycles. The second-order valence-electron chi connectivity index (χ2n) is 15.9. The van der Waals surface area contributed by atoms with Crippen molar-refractivity contribution in [3.05, 3.63) is 57.7 Å². The SMILES string of the molecule is CC[C@H]1OC(=O)/C(C)=C/[C@H](C)[C@@H](O[C@@H]2O[C@H](C)C[C@H](N(C)C)[C@H]2O)[C@](C)(OC)C[C@@H](C)C(=O)[C@H](C)[C@H]2N(NC/C=C/c3ccc([N+](=O)[O-])cc3)C(=O)O[C@]12C. The highest BCUT2D eigenvalue weighted by atomic mass is 16.7. The van der Waals surface area contributed by atoms with Crippen LogP contribution in [-0.2, 0) is 33.3 Å². The first-order chi connectivity index (χ1) is 25.8. The van der Waals surface area contributed by atoms with Crippen LogP contribution in [0.4, 0.5) is 10.5 Å². The third kappa shape index (κ3) is 9.63. The summed E-state index contributed by atoms with van der Waals surface area (Å²) in [7, 11) is 5.33. The smallest absolute Gasteiger partial charge is 0.425 e. The van der Waals surface area contributed by atoms with Gasteiger partial charge in [0, 0.05) is 55.2 Å². The maximum Gasteiger partial charge on any atom is 0.425 e. The number of carbonyl (C=O) groups is 3. The normalized spacial score (nSPS) is 37.6. The zero-order valence-electron chi connectivity index (χ0n) is 34.0. The number of aliphatic hydroxyl groups excluding tert-OH is 1. The Morgan fingerprint density at radius 2 is 1.78 bits per heavy atom. The molecule has 1 aromatic rings. The van der Waals surface area contributed by atoms with Crippen LogP contribution in [0.1, 0.15) is 80.2 Å². The summed E-state index contributed by atoms with van der Waals surface area (Å²) in [4.78, 5) is 54.6. The predicted octanol–water partition coefficient (Wildman–Crippen LogP) is 5.06. The molecule has 0 spiro atoms. The van der Waals surface area contributed by atoms with Gasteiger partial charge < -0.3 is 33.7 Å². The van der Waals surface area contributed by atoms with Crippen molar-refractivity contribution in [2.24, 2.45) is 17.8 Å². The molecule has 0 aromatic heterocycles. The number of likely N-dealkylation sites (N-methyl/N-ethyl adjacent to an activating group) is 1. The van der Waals surface area contributed by atoms with E-state index in [4.69, 9.17) is 23.7 Å². The van der Waals surface area contributed by atoms with E-state index in [1.165, 1.54) is 17.1 Å². The average Bonchev–Trinajstić information content (AvgIpc) is 3.39. The van der Waals surface area contributed by atoms with E-state index in [0.717, 1.165) is 0 Å². The number of nitrogens with one attached hydrogen (secondary N) is 1. The maximum atomic E-state index is 14.6. The van der Waals surface area contributed by atoms with Crippen molar-refractivity contribution >= 4 is 29.6 Å². The molecule has 55 heavy (non-hydrogen) atoms. The molecule has 1 aromatic carbocycles. The minimum Gasteiger partial charge on any atom is -0.455 e. The number of aliphatic hydroxyl groups is 1. The first kappa shape index (κ1) is 44.0. The number of nitro groups is 1. The molecule has 3 aliphatic rings. The summed E-state index contributed by atoms with van der Waals surface area (Å²) in [5.41, 5.74) is 1.54. The Morgan fingerprint density at radius 3 is 2.36 bits per heavy atom. The Kier molecular flexibility index (Phi) is 14.4. The first-order valence-corrected chi connectivity index (χ1v) is 19.1. The highest BCUT2D eigenvalue weighted by molar-refractivity contribution is 5.88. The van der Waals surface area contributed by atoms with Gasteiger partial charge in [-0.25, -0.2) is 20.0 Å². The number of hydrazine groups is 1. The highest BCUT2D eigenvalue weighted by Crippen LogP contribution is 2.42. The molecule has 3 aliphatic heterocycles. The molecule has 0 unspecified atom stereocenters. The molecule has 306 valence electrons. The predicted molar refractivity (Wildman–Crippen MR) is 204 cm³/mol. The van der Waals surface area contributed by atoms with Crippen molar-refractivity contribution in [1.82, 2.24) is 15.3 Å². The monoisotopic (exact) mass is 772 g/mol. The number of non-ortho nitro benzene ring substituents is 1. The van der Waals surface area contributed by atoms with Crippen LogP contribution >= 0.6 is 0 Å². The lowest BCUT2D eigenvalue weighted by Gasteiger charge is -2.46. The number of ketones is 1. The van der Waals surface area contributed by atoms with Crippen LogP contribution in [0.5, 0.6) is 0 Å². The van der Waals surface area contributed by atoms with Gasteiger partial charge >= 0.3 is 12.1 Å². The van der Waals surface area contributed by atoms with Gasteiger partial charge in [-0.2, -0.15) is 0 Å². The number of amides is 1. The van der Waals surface area contributed by atoms with E-state index in [1.54, 1.807) is 58.2 Å². The van der Waals surface area contributed by atoms with Crippen molar-refractivity contribution in [3.63, 3.8) is 0 Å². The number of methoxy groups -OCH3 is 1. The Labute approximate surface area is 324 Å². The summed E-state index contributed by atoms with van der Waals surface area (Å²) in [5.74, 6) is -2.68. The van der Waals surface area contributed by atoms with E-state index in [2.05, 4.69) is 5.43 Å². The second kappa shape index (κ2) is 18.0. The van der Waals surface area contributed by atoms with E-state index in [9.17, 15) is 29.6 Å². The third-order valence-electron chi connectivity index (χ3n) is 11.5. The van der Waals surface area contributed by atoms with Gasteiger partial charge in [0.15, 0.2) is 11.9 Å². The first-order valence-electron chi connectivity index (χ1n) is 19.1. The number of esters is 1. The summed E-state index contributed by atoms with van der Waals surface area (Å²) in [6.07, 6.45) is 1.70. The van der Waals surface area contributed by atoms with Gasteiger partial charge in [-0.1, -0.05) is 45.9 Å². The van der Waals surface area contributed by atoms with Crippen LogP contribution in [0.25, 0.3) is 6.08 Å². The number of hydrogen-bond acceptors (Lipinski definition) is 13. The van der Waals surface area contributed by atoms with Crippen LogP contribution < -0.4 is 5.43 Å². The van der Waals surface area contributed by atoms with Crippen molar-refractivity contribution in [2.45, 2.75) is 129 Å². The Bertz CT molecular complexity index is 1600. The Morgan fingerprint density at radius 1 is 1.13 bits per heavy atom. The van der Waals surface area contributed by atoms with Crippen LogP contribution in [-0.4, -0.2) is 120 Å². The molecule has 12 atom stereocenters. The van der Waals surface area contributed by atoms with Crippen molar-refractivity contribution in [2.75, 3.05) is 27.7 Å². The zero-order chi connectivity index (χ0) is 41.0. The fourth-order valence-corrected chi connectivity index (χ4v) is 8.49. The van der Waals surface area contributed by atoms with Crippen LogP contribution in [0.3, 0.4) is 0 Å². The van der Waals surface area contributed by atoms with Gasteiger partial charge in [-0.15, -0.1) is 0 Å². The number of rotatable bonds is 10.